The van der Waals surface area contributed by atoms with E-state index in [1.54, 1.807) is 0 Å². The molecule has 7 heteroatoms. The molecular weight excluding hydrogens is 386 g/mol. The van der Waals surface area contributed by atoms with Gasteiger partial charge in [-0.3, -0.25) is 4.98 Å². The van der Waals surface area contributed by atoms with Crippen LogP contribution in [0.25, 0.3) is 33.3 Å². The number of anilines is 1. The van der Waals surface area contributed by atoms with Crippen molar-refractivity contribution in [2.75, 3.05) is 24.5 Å². The van der Waals surface area contributed by atoms with E-state index in [1.165, 1.54) is 36.6 Å². The van der Waals surface area contributed by atoms with Gasteiger partial charge in [-0.25, -0.2) is 15.0 Å². The van der Waals surface area contributed by atoms with E-state index in [2.05, 4.69) is 31.2 Å². The Kier molecular flexibility index (Phi) is 3.82. The first-order valence-corrected chi connectivity index (χ1v) is 11.4. The second kappa shape index (κ2) is 6.72. The van der Waals surface area contributed by atoms with Gasteiger partial charge >= 0.3 is 0 Å². The van der Waals surface area contributed by atoms with E-state index in [4.69, 9.17) is 9.97 Å². The number of piperazine rings is 1. The molecule has 5 heterocycles. The molecule has 0 aromatic carbocycles. The van der Waals surface area contributed by atoms with Crippen molar-refractivity contribution < 1.29 is 0 Å². The summed E-state index contributed by atoms with van der Waals surface area (Å²) in [5.74, 6) is 3.26. The molecular formula is C24H25N7. The molecule has 2 aliphatic carbocycles. The Bertz CT molecular complexity index is 1290. The van der Waals surface area contributed by atoms with Gasteiger partial charge < -0.3 is 15.2 Å². The molecule has 7 nitrogen and oxygen atoms in total. The van der Waals surface area contributed by atoms with E-state index in [0.717, 1.165) is 59.3 Å². The zero-order valence-corrected chi connectivity index (χ0v) is 17.4. The van der Waals surface area contributed by atoms with Gasteiger partial charge in [0.2, 0.25) is 0 Å². The molecule has 2 N–H and O–H groups in total. The second-order valence-corrected chi connectivity index (χ2v) is 9.21. The van der Waals surface area contributed by atoms with Crippen LogP contribution in [0.2, 0.25) is 0 Å². The predicted molar refractivity (Wildman–Crippen MR) is 121 cm³/mol. The van der Waals surface area contributed by atoms with Crippen LogP contribution in [-0.4, -0.2) is 50.6 Å². The van der Waals surface area contributed by atoms with Crippen molar-refractivity contribution in [1.29, 1.82) is 0 Å². The summed E-state index contributed by atoms with van der Waals surface area (Å²) in [7, 11) is 0. The lowest BCUT2D eigenvalue weighted by Gasteiger charge is -2.35. The fraction of sp³-hybridized carbons (Fsp3) is 0.417. The van der Waals surface area contributed by atoms with Crippen LogP contribution in [0.5, 0.6) is 0 Å². The van der Waals surface area contributed by atoms with Crippen LogP contribution in [0.3, 0.4) is 0 Å². The van der Waals surface area contributed by atoms with Gasteiger partial charge in [0.25, 0.3) is 0 Å². The number of aromatic nitrogens is 5. The van der Waals surface area contributed by atoms with E-state index in [9.17, 15) is 0 Å². The lowest BCUT2D eigenvalue weighted by molar-refractivity contribution is 0.418. The van der Waals surface area contributed by atoms with Crippen molar-refractivity contribution >= 4 is 27.8 Å². The number of pyridine rings is 2. The number of rotatable bonds is 4. The first-order chi connectivity index (χ1) is 15.3. The normalized spacial score (nSPS) is 21.8. The molecule has 0 radical (unpaired) electrons. The summed E-state index contributed by atoms with van der Waals surface area (Å²) >= 11 is 0. The molecule has 156 valence electrons. The average molecular weight is 412 g/mol. The van der Waals surface area contributed by atoms with Gasteiger partial charge in [0.1, 0.15) is 11.5 Å². The van der Waals surface area contributed by atoms with E-state index in [1.807, 2.05) is 30.9 Å². The average Bonchev–Trinajstić information content (AvgIpc) is 3.75. The highest BCUT2D eigenvalue weighted by atomic mass is 15.3. The minimum atomic E-state index is 0.561. The smallest absolute Gasteiger partial charge is 0.163 e. The number of hydrogen-bond donors (Lipinski definition) is 2. The highest BCUT2D eigenvalue weighted by Crippen LogP contribution is 2.45. The van der Waals surface area contributed by atoms with E-state index in [-0.39, 0.29) is 0 Å². The van der Waals surface area contributed by atoms with Crippen LogP contribution in [0.15, 0.2) is 36.9 Å². The molecule has 3 aliphatic rings. The zero-order chi connectivity index (χ0) is 20.4. The summed E-state index contributed by atoms with van der Waals surface area (Å²) < 4.78 is 0. The van der Waals surface area contributed by atoms with Crippen LogP contribution in [-0.2, 0) is 0 Å². The minimum absolute atomic E-state index is 0.561. The van der Waals surface area contributed by atoms with Crippen molar-refractivity contribution in [2.24, 2.45) is 5.92 Å². The standard InChI is InChI=1S/C24H25N7/c1-2-14(1)18-11-25-12-19-21(18)24(31-10-9-26-20(13-31)15-3-4-15)30-23(29-19)17-6-8-28-22-16(17)5-7-27-22/h5-8,11-12,14-15,20,26H,1-4,9-10,13H2,(H,27,28). The summed E-state index contributed by atoms with van der Waals surface area (Å²) in [5, 5.41) is 5.99. The third kappa shape index (κ3) is 2.98. The van der Waals surface area contributed by atoms with Gasteiger partial charge in [-0.15, -0.1) is 0 Å². The summed E-state index contributed by atoms with van der Waals surface area (Å²) in [6.07, 6.45) is 12.9. The van der Waals surface area contributed by atoms with Crippen molar-refractivity contribution in [3.05, 3.63) is 42.5 Å². The summed E-state index contributed by atoms with van der Waals surface area (Å²) in [4.78, 5) is 24.9. The highest BCUT2D eigenvalue weighted by molar-refractivity contribution is 5.97. The molecule has 4 aromatic rings. The molecule has 2 saturated carbocycles. The van der Waals surface area contributed by atoms with Gasteiger partial charge in [0.05, 0.1) is 11.7 Å². The molecule has 0 bridgehead atoms. The van der Waals surface area contributed by atoms with Crippen LogP contribution in [0.1, 0.15) is 37.2 Å². The minimum Gasteiger partial charge on any atom is -0.353 e. The zero-order valence-electron chi connectivity index (χ0n) is 17.4. The lowest BCUT2D eigenvalue weighted by Crippen LogP contribution is -2.52. The van der Waals surface area contributed by atoms with Crippen molar-refractivity contribution in [3.63, 3.8) is 0 Å². The molecule has 0 spiro atoms. The molecule has 3 fully saturated rings. The largest absolute Gasteiger partial charge is 0.353 e. The van der Waals surface area contributed by atoms with Crippen LogP contribution >= 0.6 is 0 Å². The number of nitrogens with zero attached hydrogens (tertiary/aromatic N) is 5. The summed E-state index contributed by atoms with van der Waals surface area (Å²) in [6.45, 7) is 2.98. The topological polar surface area (TPSA) is 82.6 Å². The Hall–Kier alpha value is -3.06. The Morgan fingerprint density at radius 3 is 2.84 bits per heavy atom. The molecule has 1 saturated heterocycles. The number of nitrogens with one attached hydrogen (secondary N) is 2. The van der Waals surface area contributed by atoms with Gasteiger partial charge in [-0.1, -0.05) is 0 Å². The fourth-order valence-electron chi connectivity index (χ4n) is 5.08. The van der Waals surface area contributed by atoms with Crippen LogP contribution in [0, 0.1) is 5.92 Å². The van der Waals surface area contributed by atoms with E-state index in [0.29, 0.717) is 12.0 Å². The van der Waals surface area contributed by atoms with Crippen LogP contribution < -0.4 is 10.2 Å². The lowest BCUT2D eigenvalue weighted by atomic mass is 10.0. The maximum Gasteiger partial charge on any atom is 0.163 e. The van der Waals surface area contributed by atoms with Gasteiger partial charge in [0, 0.05) is 60.6 Å². The summed E-state index contributed by atoms with van der Waals surface area (Å²) in [6, 6.07) is 4.63. The second-order valence-electron chi connectivity index (χ2n) is 9.21. The van der Waals surface area contributed by atoms with Gasteiger partial charge in [0.15, 0.2) is 5.82 Å². The summed E-state index contributed by atoms with van der Waals surface area (Å²) in [5.41, 5.74) is 4.15. The Morgan fingerprint density at radius 1 is 1.03 bits per heavy atom. The number of fused-ring (bicyclic) bond motifs is 2. The predicted octanol–water partition coefficient (Wildman–Crippen LogP) is 3.63. The highest BCUT2D eigenvalue weighted by Gasteiger charge is 2.36. The fourth-order valence-corrected chi connectivity index (χ4v) is 5.08. The Balaban J connectivity index is 1.43. The molecule has 0 amide bonds. The maximum atomic E-state index is 5.23. The number of aromatic amines is 1. The van der Waals surface area contributed by atoms with Gasteiger partial charge in [-0.05, 0) is 55.2 Å². The van der Waals surface area contributed by atoms with E-state index < -0.39 is 0 Å². The van der Waals surface area contributed by atoms with Crippen molar-refractivity contribution in [1.82, 2.24) is 30.2 Å². The quantitative estimate of drug-likeness (QED) is 0.534. The molecule has 7 rings (SSSR count). The molecule has 1 aliphatic heterocycles. The third-order valence-corrected chi connectivity index (χ3v) is 7.03. The first kappa shape index (κ1) is 17.6. The molecule has 31 heavy (non-hydrogen) atoms. The first-order valence-electron chi connectivity index (χ1n) is 11.4. The SMILES string of the molecule is c1cc(-c2nc(N3CCNC(C4CC4)C3)c3c(C4CC4)cncc3n2)c2cc[nH]c2n1. The molecule has 1 atom stereocenters. The third-order valence-electron chi connectivity index (χ3n) is 7.03. The van der Waals surface area contributed by atoms with Crippen molar-refractivity contribution in [2.45, 2.75) is 37.6 Å². The maximum absolute atomic E-state index is 5.23. The van der Waals surface area contributed by atoms with E-state index >= 15 is 0 Å². The Labute approximate surface area is 180 Å². The number of H-pyrrole nitrogens is 1. The molecule has 4 aromatic heterocycles. The monoisotopic (exact) mass is 411 g/mol. The van der Waals surface area contributed by atoms with Crippen molar-refractivity contribution in [3.8, 4) is 11.4 Å². The van der Waals surface area contributed by atoms with Crippen LogP contribution in [0.4, 0.5) is 5.82 Å². The number of hydrogen-bond acceptors (Lipinski definition) is 6. The Morgan fingerprint density at radius 2 is 1.97 bits per heavy atom. The molecule has 1 unspecified atom stereocenters. The van der Waals surface area contributed by atoms with Gasteiger partial charge in [-0.2, -0.15) is 0 Å².